The van der Waals surface area contributed by atoms with Crippen LogP contribution in [0.1, 0.15) is 26.3 Å². The van der Waals surface area contributed by atoms with E-state index in [1.54, 1.807) is 0 Å². The largest absolute Gasteiger partial charge is 0.416 e. The first kappa shape index (κ1) is 22.7. The Balaban J connectivity index is 1.72. The average Bonchev–Trinajstić information content (AvgIpc) is 2.77. The number of nitro groups is 2. The summed E-state index contributed by atoms with van der Waals surface area (Å²) in [6, 6.07) is 6.59. The zero-order chi connectivity index (χ0) is 23.6. The Morgan fingerprint density at radius 2 is 1.25 bits per heavy atom. The highest BCUT2D eigenvalue weighted by molar-refractivity contribution is 5.97. The summed E-state index contributed by atoms with van der Waals surface area (Å²) < 4.78 is 38.6. The molecule has 1 aliphatic rings. The molecule has 2 aromatic carbocycles. The first-order chi connectivity index (χ1) is 15.0. The molecule has 3 rings (SSSR count). The van der Waals surface area contributed by atoms with Crippen LogP contribution in [0.4, 0.5) is 24.5 Å². The van der Waals surface area contributed by atoms with Crippen LogP contribution in [0.25, 0.3) is 0 Å². The molecule has 2 amide bonds. The van der Waals surface area contributed by atoms with Gasteiger partial charge in [0.05, 0.1) is 27.0 Å². The van der Waals surface area contributed by atoms with Crippen LogP contribution in [0.3, 0.4) is 0 Å². The number of hydrogen-bond donors (Lipinski definition) is 0. The molecule has 10 nitrogen and oxygen atoms in total. The summed E-state index contributed by atoms with van der Waals surface area (Å²) in [5, 5.41) is 22.0. The number of piperazine rings is 1. The summed E-state index contributed by atoms with van der Waals surface area (Å²) in [7, 11) is 0. The number of rotatable bonds is 4. The minimum atomic E-state index is -4.59. The lowest BCUT2D eigenvalue weighted by Crippen LogP contribution is -2.50. The molecule has 0 N–H and O–H groups in total. The minimum Gasteiger partial charge on any atom is -0.335 e. The summed E-state index contributed by atoms with van der Waals surface area (Å²) in [4.78, 5) is 48.1. The first-order valence-corrected chi connectivity index (χ1v) is 9.17. The van der Waals surface area contributed by atoms with Gasteiger partial charge in [0.2, 0.25) is 0 Å². The first-order valence-electron chi connectivity index (χ1n) is 9.17. The summed E-state index contributed by atoms with van der Waals surface area (Å²) in [5.41, 5.74) is -2.57. The summed E-state index contributed by atoms with van der Waals surface area (Å²) in [5.74, 6) is -1.32. The third kappa shape index (κ3) is 4.82. The molecular formula is C19H15F3N4O6. The number of nitrogens with zero attached hydrogens (tertiary/aromatic N) is 4. The Kier molecular flexibility index (Phi) is 6.09. The smallest absolute Gasteiger partial charge is 0.335 e. The van der Waals surface area contributed by atoms with Crippen molar-refractivity contribution in [3.8, 4) is 0 Å². The van der Waals surface area contributed by atoms with Crippen LogP contribution in [0.15, 0.2) is 42.5 Å². The van der Waals surface area contributed by atoms with Gasteiger partial charge >= 0.3 is 6.18 Å². The van der Waals surface area contributed by atoms with Crippen molar-refractivity contribution in [3.05, 3.63) is 79.4 Å². The fourth-order valence-corrected chi connectivity index (χ4v) is 3.24. The second-order valence-corrected chi connectivity index (χ2v) is 6.92. The standard InChI is InChI=1S/C19H15F3N4O6/c20-19(21,22)14-3-1-2-12(8-14)17(27)23-4-6-24(7-5-23)18(28)13-9-15(25(29)30)11-16(10-13)26(31)32/h1-3,8-11H,4-7H2. The Morgan fingerprint density at radius 3 is 1.69 bits per heavy atom. The van der Waals surface area contributed by atoms with E-state index < -0.39 is 44.8 Å². The molecule has 168 valence electrons. The lowest BCUT2D eigenvalue weighted by Gasteiger charge is -2.35. The molecule has 13 heteroatoms. The van der Waals surface area contributed by atoms with Crippen LogP contribution >= 0.6 is 0 Å². The van der Waals surface area contributed by atoms with Crippen molar-refractivity contribution in [1.82, 2.24) is 9.80 Å². The molecule has 2 aromatic rings. The molecule has 1 heterocycles. The van der Waals surface area contributed by atoms with Gasteiger partial charge in [0, 0.05) is 43.9 Å². The molecule has 1 saturated heterocycles. The maximum atomic E-state index is 12.9. The number of non-ortho nitro benzene ring substituents is 2. The number of benzene rings is 2. The van der Waals surface area contributed by atoms with Gasteiger partial charge < -0.3 is 9.80 Å². The number of halogens is 3. The Hall–Kier alpha value is -4.03. The number of nitro benzene ring substituents is 2. The molecule has 0 saturated carbocycles. The van der Waals surface area contributed by atoms with Crippen molar-refractivity contribution in [1.29, 1.82) is 0 Å². The second kappa shape index (κ2) is 8.61. The molecule has 0 spiro atoms. The van der Waals surface area contributed by atoms with E-state index in [9.17, 15) is 43.0 Å². The average molecular weight is 452 g/mol. The van der Waals surface area contributed by atoms with Crippen LogP contribution in [0.2, 0.25) is 0 Å². The highest BCUT2D eigenvalue weighted by Gasteiger charge is 2.32. The van der Waals surface area contributed by atoms with E-state index >= 15 is 0 Å². The van der Waals surface area contributed by atoms with Gasteiger partial charge in [0.1, 0.15) is 0 Å². The van der Waals surface area contributed by atoms with Crippen LogP contribution in [-0.2, 0) is 6.18 Å². The van der Waals surface area contributed by atoms with Crippen molar-refractivity contribution < 1.29 is 32.6 Å². The number of amides is 2. The molecule has 0 bridgehead atoms. The highest BCUT2D eigenvalue weighted by Crippen LogP contribution is 2.30. The van der Waals surface area contributed by atoms with E-state index in [-0.39, 0.29) is 37.3 Å². The predicted molar refractivity (Wildman–Crippen MR) is 103 cm³/mol. The molecule has 0 unspecified atom stereocenters. The molecule has 0 radical (unpaired) electrons. The summed E-state index contributed by atoms with van der Waals surface area (Å²) in [6.45, 7) is 0.0235. The maximum Gasteiger partial charge on any atom is 0.416 e. The number of carbonyl (C=O) groups excluding carboxylic acids is 2. The Bertz CT molecular complexity index is 1060. The molecule has 0 atom stereocenters. The van der Waals surface area contributed by atoms with E-state index in [4.69, 9.17) is 0 Å². The third-order valence-electron chi connectivity index (χ3n) is 4.86. The Morgan fingerprint density at radius 1 is 0.781 bits per heavy atom. The maximum absolute atomic E-state index is 12.9. The van der Waals surface area contributed by atoms with Gasteiger partial charge in [-0.15, -0.1) is 0 Å². The highest BCUT2D eigenvalue weighted by atomic mass is 19.4. The second-order valence-electron chi connectivity index (χ2n) is 6.92. The fraction of sp³-hybridized carbons (Fsp3) is 0.263. The quantitative estimate of drug-likeness (QED) is 0.518. The molecule has 1 fully saturated rings. The van der Waals surface area contributed by atoms with Crippen molar-refractivity contribution >= 4 is 23.2 Å². The van der Waals surface area contributed by atoms with Crippen molar-refractivity contribution in [2.24, 2.45) is 0 Å². The van der Waals surface area contributed by atoms with Gasteiger partial charge in [-0.25, -0.2) is 0 Å². The minimum absolute atomic E-state index is 0.0000242. The molecule has 0 aliphatic carbocycles. The van der Waals surface area contributed by atoms with Gasteiger partial charge in [-0.05, 0) is 18.2 Å². The fourth-order valence-electron chi connectivity index (χ4n) is 3.24. The van der Waals surface area contributed by atoms with Gasteiger partial charge in [-0.1, -0.05) is 6.07 Å². The van der Waals surface area contributed by atoms with Crippen LogP contribution in [0, 0.1) is 20.2 Å². The molecule has 32 heavy (non-hydrogen) atoms. The number of carbonyl (C=O) groups is 2. The van der Waals surface area contributed by atoms with E-state index in [2.05, 4.69) is 0 Å². The van der Waals surface area contributed by atoms with Crippen molar-refractivity contribution in [3.63, 3.8) is 0 Å². The SMILES string of the molecule is O=C(c1cc([N+](=O)[O-])cc([N+](=O)[O-])c1)N1CCN(C(=O)c2cccc(C(F)(F)F)c2)CC1. The van der Waals surface area contributed by atoms with E-state index in [0.717, 1.165) is 36.4 Å². The van der Waals surface area contributed by atoms with Gasteiger partial charge in [-0.2, -0.15) is 13.2 Å². The van der Waals surface area contributed by atoms with E-state index in [0.29, 0.717) is 0 Å². The monoisotopic (exact) mass is 452 g/mol. The van der Waals surface area contributed by atoms with E-state index in [1.165, 1.54) is 15.9 Å². The molecule has 0 aromatic heterocycles. The number of hydrogen-bond acceptors (Lipinski definition) is 6. The van der Waals surface area contributed by atoms with Crippen LogP contribution in [-0.4, -0.2) is 57.6 Å². The topological polar surface area (TPSA) is 127 Å². The Labute approximate surface area is 178 Å². The van der Waals surface area contributed by atoms with E-state index in [1.807, 2.05) is 0 Å². The van der Waals surface area contributed by atoms with Crippen molar-refractivity contribution in [2.45, 2.75) is 6.18 Å². The summed E-state index contributed by atoms with van der Waals surface area (Å²) >= 11 is 0. The van der Waals surface area contributed by atoms with Gasteiger partial charge in [0.25, 0.3) is 23.2 Å². The normalized spacial score (nSPS) is 14.2. The third-order valence-corrected chi connectivity index (χ3v) is 4.86. The lowest BCUT2D eigenvalue weighted by molar-refractivity contribution is -0.394. The summed E-state index contributed by atoms with van der Waals surface area (Å²) in [6.07, 6.45) is -4.59. The van der Waals surface area contributed by atoms with Gasteiger partial charge in [-0.3, -0.25) is 29.8 Å². The lowest BCUT2D eigenvalue weighted by atomic mass is 10.1. The van der Waals surface area contributed by atoms with Crippen LogP contribution in [0.5, 0.6) is 0 Å². The van der Waals surface area contributed by atoms with Crippen molar-refractivity contribution in [2.75, 3.05) is 26.2 Å². The predicted octanol–water partition coefficient (Wildman–Crippen LogP) is 3.12. The molecular weight excluding hydrogens is 437 g/mol. The van der Waals surface area contributed by atoms with Crippen LogP contribution < -0.4 is 0 Å². The zero-order valence-electron chi connectivity index (χ0n) is 16.2. The number of alkyl halides is 3. The molecule has 1 aliphatic heterocycles. The zero-order valence-corrected chi connectivity index (χ0v) is 16.2. The van der Waals surface area contributed by atoms with Gasteiger partial charge in [0.15, 0.2) is 0 Å².